The van der Waals surface area contributed by atoms with Crippen molar-refractivity contribution in [1.29, 1.82) is 0 Å². The summed E-state index contributed by atoms with van der Waals surface area (Å²) in [4.78, 5) is 16.6. The third-order valence-corrected chi connectivity index (χ3v) is 4.37. The van der Waals surface area contributed by atoms with E-state index in [1.165, 1.54) is 25.3 Å². The van der Waals surface area contributed by atoms with Crippen molar-refractivity contribution in [3.63, 3.8) is 0 Å². The highest BCUT2D eigenvalue weighted by Gasteiger charge is 2.24. The topological polar surface area (TPSA) is 32.8 Å². The summed E-state index contributed by atoms with van der Waals surface area (Å²) in [6.45, 7) is 2.52. The van der Waals surface area contributed by atoms with E-state index < -0.39 is 5.82 Å². The van der Waals surface area contributed by atoms with E-state index in [-0.39, 0.29) is 11.5 Å². The predicted molar refractivity (Wildman–Crippen MR) is 92.5 cm³/mol. The Kier molecular flexibility index (Phi) is 4.90. The van der Waals surface area contributed by atoms with Crippen molar-refractivity contribution in [3.05, 3.63) is 58.9 Å². The van der Waals surface area contributed by atoms with Crippen LogP contribution in [0, 0.1) is 5.82 Å². The van der Waals surface area contributed by atoms with Crippen LogP contribution in [0.2, 0.25) is 5.02 Å². The molecule has 0 N–H and O–H groups in total. The van der Waals surface area contributed by atoms with Gasteiger partial charge in [0.25, 0.3) is 5.91 Å². The Morgan fingerprint density at radius 2 is 1.88 bits per heavy atom. The lowest BCUT2D eigenvalue weighted by atomic mass is 10.1. The van der Waals surface area contributed by atoms with Crippen LogP contribution in [-0.4, -0.2) is 44.1 Å². The summed E-state index contributed by atoms with van der Waals surface area (Å²) < 4.78 is 18.7. The second kappa shape index (κ2) is 7.09. The van der Waals surface area contributed by atoms with Crippen LogP contribution in [0.4, 0.5) is 10.1 Å². The Hall–Kier alpha value is -2.27. The van der Waals surface area contributed by atoms with E-state index in [2.05, 4.69) is 4.90 Å². The highest BCUT2D eigenvalue weighted by atomic mass is 35.5. The summed E-state index contributed by atoms with van der Waals surface area (Å²) in [5.41, 5.74) is 1.30. The van der Waals surface area contributed by atoms with Gasteiger partial charge in [0.15, 0.2) is 0 Å². The average Bonchev–Trinajstić information content (AvgIpc) is 2.61. The minimum absolute atomic E-state index is 0.211. The first-order valence-electron chi connectivity index (χ1n) is 7.72. The van der Waals surface area contributed by atoms with E-state index in [4.69, 9.17) is 16.3 Å². The Morgan fingerprint density at radius 1 is 1.12 bits per heavy atom. The highest BCUT2D eigenvalue weighted by molar-refractivity contribution is 6.30. The molecule has 1 heterocycles. The molecule has 24 heavy (non-hydrogen) atoms. The number of anilines is 1. The standard InChI is InChI=1S/C18H18ClFN2O2/c1-24-17-6-5-14(20)12-16(17)18(23)22-9-7-21(8-10-22)15-4-2-3-13(19)11-15/h2-6,11-12H,7-10H2,1H3. The van der Waals surface area contributed by atoms with Gasteiger partial charge in [0.2, 0.25) is 0 Å². The summed E-state index contributed by atoms with van der Waals surface area (Å²) >= 11 is 6.03. The predicted octanol–water partition coefficient (Wildman–Crippen LogP) is 3.45. The molecule has 0 atom stereocenters. The van der Waals surface area contributed by atoms with Crippen LogP contribution in [0.5, 0.6) is 5.75 Å². The molecule has 0 spiro atoms. The molecule has 0 unspecified atom stereocenters. The van der Waals surface area contributed by atoms with Crippen molar-refractivity contribution in [1.82, 2.24) is 4.90 Å². The van der Waals surface area contributed by atoms with Gasteiger partial charge in [0.05, 0.1) is 12.7 Å². The van der Waals surface area contributed by atoms with Gasteiger partial charge < -0.3 is 14.5 Å². The maximum absolute atomic E-state index is 13.5. The van der Waals surface area contributed by atoms with Crippen LogP contribution in [0.3, 0.4) is 0 Å². The molecular formula is C18H18ClFN2O2. The molecule has 1 aliphatic rings. The summed E-state index contributed by atoms with van der Waals surface area (Å²) in [5, 5.41) is 0.690. The third kappa shape index (κ3) is 3.46. The lowest BCUT2D eigenvalue weighted by molar-refractivity contribution is 0.0743. The Labute approximate surface area is 145 Å². The van der Waals surface area contributed by atoms with E-state index in [9.17, 15) is 9.18 Å². The summed E-state index contributed by atoms with van der Waals surface area (Å²) in [5.74, 6) is -0.271. The maximum Gasteiger partial charge on any atom is 0.257 e. The molecule has 0 aliphatic carbocycles. The van der Waals surface area contributed by atoms with E-state index in [0.717, 1.165) is 5.69 Å². The van der Waals surface area contributed by atoms with Crippen molar-refractivity contribution in [3.8, 4) is 5.75 Å². The van der Waals surface area contributed by atoms with E-state index in [1.54, 1.807) is 4.90 Å². The normalized spacial score (nSPS) is 14.6. The van der Waals surface area contributed by atoms with Crippen LogP contribution in [0.15, 0.2) is 42.5 Å². The van der Waals surface area contributed by atoms with Crippen LogP contribution < -0.4 is 9.64 Å². The largest absolute Gasteiger partial charge is 0.496 e. The quantitative estimate of drug-likeness (QED) is 0.851. The van der Waals surface area contributed by atoms with Gasteiger partial charge in [-0.05, 0) is 36.4 Å². The SMILES string of the molecule is COc1ccc(F)cc1C(=O)N1CCN(c2cccc(Cl)c2)CC1. The molecule has 126 valence electrons. The zero-order valence-electron chi connectivity index (χ0n) is 13.3. The Morgan fingerprint density at radius 3 is 2.54 bits per heavy atom. The molecule has 3 rings (SSSR count). The molecule has 6 heteroatoms. The van der Waals surface area contributed by atoms with Gasteiger partial charge in [0.1, 0.15) is 11.6 Å². The first-order chi connectivity index (χ1) is 11.6. The molecule has 2 aromatic carbocycles. The average molecular weight is 349 g/mol. The van der Waals surface area contributed by atoms with Crippen LogP contribution >= 0.6 is 11.6 Å². The number of carbonyl (C=O) groups excluding carboxylic acids is 1. The molecular weight excluding hydrogens is 331 g/mol. The summed E-state index contributed by atoms with van der Waals surface area (Å²) in [6, 6.07) is 11.6. The van der Waals surface area contributed by atoms with Gasteiger partial charge in [-0.15, -0.1) is 0 Å². The minimum atomic E-state index is -0.447. The molecule has 0 bridgehead atoms. The van der Waals surface area contributed by atoms with Crippen molar-refractivity contribution < 1.29 is 13.9 Å². The number of rotatable bonds is 3. The molecule has 4 nitrogen and oxygen atoms in total. The van der Waals surface area contributed by atoms with Gasteiger partial charge in [-0.3, -0.25) is 4.79 Å². The Balaban J connectivity index is 1.70. The number of hydrogen-bond donors (Lipinski definition) is 0. The fourth-order valence-electron chi connectivity index (χ4n) is 2.86. The number of carbonyl (C=O) groups is 1. The number of halogens is 2. The monoisotopic (exact) mass is 348 g/mol. The minimum Gasteiger partial charge on any atom is -0.496 e. The number of hydrogen-bond acceptors (Lipinski definition) is 3. The fraction of sp³-hybridized carbons (Fsp3) is 0.278. The van der Waals surface area contributed by atoms with E-state index in [0.29, 0.717) is 37.0 Å². The molecule has 1 saturated heterocycles. The van der Waals surface area contributed by atoms with E-state index in [1.807, 2.05) is 24.3 Å². The number of ether oxygens (including phenoxy) is 1. The molecule has 1 fully saturated rings. The maximum atomic E-state index is 13.5. The Bertz CT molecular complexity index is 746. The molecule has 0 aromatic heterocycles. The van der Waals surface area contributed by atoms with Gasteiger partial charge in [-0.25, -0.2) is 4.39 Å². The first kappa shape index (κ1) is 16.6. The lowest BCUT2D eigenvalue weighted by Gasteiger charge is -2.36. The van der Waals surface area contributed by atoms with Gasteiger partial charge in [-0.1, -0.05) is 17.7 Å². The molecule has 1 amide bonds. The van der Waals surface area contributed by atoms with Gasteiger partial charge in [0, 0.05) is 36.9 Å². The summed E-state index contributed by atoms with van der Waals surface area (Å²) in [7, 11) is 1.47. The van der Waals surface area contributed by atoms with Crippen molar-refractivity contribution >= 4 is 23.2 Å². The smallest absolute Gasteiger partial charge is 0.257 e. The van der Waals surface area contributed by atoms with Gasteiger partial charge >= 0.3 is 0 Å². The number of benzene rings is 2. The summed E-state index contributed by atoms with van der Waals surface area (Å²) in [6.07, 6.45) is 0. The first-order valence-corrected chi connectivity index (χ1v) is 8.09. The number of nitrogens with zero attached hydrogens (tertiary/aromatic N) is 2. The van der Waals surface area contributed by atoms with Crippen LogP contribution in [-0.2, 0) is 0 Å². The third-order valence-electron chi connectivity index (χ3n) is 4.13. The fourth-order valence-corrected chi connectivity index (χ4v) is 3.04. The van der Waals surface area contributed by atoms with E-state index >= 15 is 0 Å². The number of piperazine rings is 1. The molecule has 0 saturated carbocycles. The molecule has 0 radical (unpaired) electrons. The van der Waals surface area contributed by atoms with Gasteiger partial charge in [-0.2, -0.15) is 0 Å². The molecule has 2 aromatic rings. The number of amides is 1. The van der Waals surface area contributed by atoms with Crippen molar-refractivity contribution in [2.45, 2.75) is 0 Å². The zero-order valence-corrected chi connectivity index (χ0v) is 14.1. The highest BCUT2D eigenvalue weighted by Crippen LogP contribution is 2.24. The second-order valence-corrected chi connectivity index (χ2v) is 6.04. The number of methoxy groups -OCH3 is 1. The van der Waals surface area contributed by atoms with Crippen molar-refractivity contribution in [2.75, 3.05) is 38.2 Å². The molecule has 1 aliphatic heterocycles. The zero-order chi connectivity index (χ0) is 17.1. The van der Waals surface area contributed by atoms with Crippen LogP contribution in [0.1, 0.15) is 10.4 Å². The second-order valence-electron chi connectivity index (χ2n) is 5.60. The van der Waals surface area contributed by atoms with Crippen molar-refractivity contribution in [2.24, 2.45) is 0 Å². The van der Waals surface area contributed by atoms with Crippen LogP contribution in [0.25, 0.3) is 0 Å². The lowest BCUT2D eigenvalue weighted by Crippen LogP contribution is -2.48.